The summed E-state index contributed by atoms with van der Waals surface area (Å²) < 4.78 is 0. The van der Waals surface area contributed by atoms with E-state index in [0.717, 1.165) is 25.9 Å². The highest BCUT2D eigenvalue weighted by Gasteiger charge is 2.46. The number of hydrogen-bond donors (Lipinski definition) is 2. The van der Waals surface area contributed by atoms with E-state index in [1.165, 1.54) is 0 Å². The number of hydrogen-bond acceptors (Lipinski definition) is 3. The Kier molecular flexibility index (Phi) is 4.76. The van der Waals surface area contributed by atoms with Gasteiger partial charge in [0, 0.05) is 31.7 Å². The summed E-state index contributed by atoms with van der Waals surface area (Å²) in [6.07, 6.45) is 2.24. The SMILES string of the molecule is CCN1CCN(C(=O)NC2CCCC2(C)C(=O)O)CC1C. The summed E-state index contributed by atoms with van der Waals surface area (Å²) in [6, 6.07) is -0.0251. The van der Waals surface area contributed by atoms with E-state index in [1.807, 2.05) is 4.90 Å². The van der Waals surface area contributed by atoms with E-state index in [2.05, 4.69) is 24.1 Å². The van der Waals surface area contributed by atoms with Gasteiger partial charge in [-0.1, -0.05) is 13.3 Å². The molecule has 0 aromatic rings. The fourth-order valence-corrected chi connectivity index (χ4v) is 3.54. The molecule has 1 saturated heterocycles. The summed E-state index contributed by atoms with van der Waals surface area (Å²) in [6.45, 7) is 9.28. The van der Waals surface area contributed by atoms with Crippen molar-refractivity contribution in [1.82, 2.24) is 15.1 Å². The molecule has 2 rings (SSSR count). The maximum Gasteiger partial charge on any atom is 0.317 e. The van der Waals surface area contributed by atoms with Crippen molar-refractivity contribution in [3.05, 3.63) is 0 Å². The summed E-state index contributed by atoms with van der Waals surface area (Å²) in [5.41, 5.74) is -0.827. The van der Waals surface area contributed by atoms with E-state index in [0.29, 0.717) is 25.6 Å². The van der Waals surface area contributed by atoms with Gasteiger partial charge in [0.1, 0.15) is 0 Å². The van der Waals surface area contributed by atoms with Crippen LogP contribution in [-0.4, -0.2) is 65.2 Å². The van der Waals surface area contributed by atoms with Crippen LogP contribution < -0.4 is 5.32 Å². The molecule has 3 unspecified atom stereocenters. The number of nitrogens with zero attached hydrogens (tertiary/aromatic N) is 2. The van der Waals surface area contributed by atoms with Gasteiger partial charge in [0.2, 0.25) is 0 Å². The predicted molar refractivity (Wildman–Crippen MR) is 80.2 cm³/mol. The number of nitrogens with one attached hydrogen (secondary N) is 1. The zero-order chi connectivity index (χ0) is 15.6. The molecule has 2 N–H and O–H groups in total. The highest BCUT2D eigenvalue weighted by atomic mass is 16.4. The van der Waals surface area contributed by atoms with E-state index in [4.69, 9.17) is 0 Å². The summed E-state index contributed by atoms with van der Waals surface area (Å²) in [4.78, 5) is 28.0. The van der Waals surface area contributed by atoms with Gasteiger partial charge in [-0.2, -0.15) is 0 Å². The second-order valence-electron chi connectivity index (χ2n) is 6.54. The summed E-state index contributed by atoms with van der Waals surface area (Å²) in [5, 5.41) is 12.4. The lowest BCUT2D eigenvalue weighted by atomic mass is 9.85. The number of likely N-dealkylation sites (N-methyl/N-ethyl adjacent to an activating group) is 1. The summed E-state index contributed by atoms with van der Waals surface area (Å²) >= 11 is 0. The van der Waals surface area contributed by atoms with Crippen molar-refractivity contribution in [2.24, 2.45) is 5.41 Å². The van der Waals surface area contributed by atoms with Gasteiger partial charge >= 0.3 is 12.0 Å². The Bertz CT molecular complexity index is 415. The maximum absolute atomic E-state index is 12.4. The number of urea groups is 1. The molecule has 6 heteroatoms. The fourth-order valence-electron chi connectivity index (χ4n) is 3.54. The first-order valence-electron chi connectivity index (χ1n) is 7.91. The number of carbonyl (C=O) groups is 2. The Morgan fingerprint density at radius 3 is 2.67 bits per heavy atom. The van der Waals surface area contributed by atoms with Crippen molar-refractivity contribution < 1.29 is 14.7 Å². The van der Waals surface area contributed by atoms with Crippen LogP contribution in [0, 0.1) is 5.41 Å². The molecule has 0 aromatic heterocycles. The minimum Gasteiger partial charge on any atom is -0.481 e. The monoisotopic (exact) mass is 297 g/mol. The molecule has 0 radical (unpaired) electrons. The highest BCUT2D eigenvalue weighted by Crippen LogP contribution is 2.38. The topological polar surface area (TPSA) is 72.9 Å². The molecular weight excluding hydrogens is 270 g/mol. The maximum atomic E-state index is 12.4. The van der Waals surface area contributed by atoms with Crippen LogP contribution in [0.4, 0.5) is 4.79 Å². The number of carboxylic acids is 1. The molecule has 0 aromatic carbocycles. The van der Waals surface area contributed by atoms with Gasteiger partial charge < -0.3 is 15.3 Å². The van der Waals surface area contributed by atoms with E-state index in [9.17, 15) is 14.7 Å². The van der Waals surface area contributed by atoms with Gasteiger partial charge in [-0.25, -0.2) is 4.79 Å². The molecule has 0 bridgehead atoms. The average molecular weight is 297 g/mol. The van der Waals surface area contributed by atoms with E-state index in [-0.39, 0.29) is 12.1 Å². The molecule has 2 aliphatic rings. The first-order valence-corrected chi connectivity index (χ1v) is 7.91. The van der Waals surface area contributed by atoms with Crippen LogP contribution in [0.15, 0.2) is 0 Å². The summed E-state index contributed by atoms with van der Waals surface area (Å²) in [7, 11) is 0. The zero-order valence-corrected chi connectivity index (χ0v) is 13.3. The first-order chi connectivity index (χ1) is 9.88. The molecule has 1 aliphatic carbocycles. The van der Waals surface area contributed by atoms with Crippen molar-refractivity contribution in [3.8, 4) is 0 Å². The third kappa shape index (κ3) is 3.15. The lowest BCUT2D eigenvalue weighted by molar-refractivity contribution is -0.148. The molecule has 2 fully saturated rings. The second kappa shape index (κ2) is 6.22. The second-order valence-corrected chi connectivity index (χ2v) is 6.54. The van der Waals surface area contributed by atoms with E-state index in [1.54, 1.807) is 6.92 Å². The average Bonchev–Trinajstić information content (AvgIpc) is 2.81. The minimum atomic E-state index is -0.827. The van der Waals surface area contributed by atoms with Gasteiger partial charge in [-0.3, -0.25) is 9.69 Å². The number of carboxylic acid groups (broad SMARTS) is 1. The number of carbonyl (C=O) groups excluding carboxylic acids is 1. The van der Waals surface area contributed by atoms with E-state index >= 15 is 0 Å². The Labute approximate surface area is 126 Å². The van der Waals surface area contributed by atoms with Crippen LogP contribution in [0.3, 0.4) is 0 Å². The lowest BCUT2D eigenvalue weighted by Gasteiger charge is -2.40. The van der Waals surface area contributed by atoms with Gasteiger partial charge in [-0.15, -0.1) is 0 Å². The zero-order valence-electron chi connectivity index (χ0n) is 13.3. The number of piperazine rings is 1. The third-order valence-electron chi connectivity index (χ3n) is 5.20. The molecule has 120 valence electrons. The molecule has 21 heavy (non-hydrogen) atoms. The van der Waals surface area contributed by atoms with Gasteiger partial charge in [0.25, 0.3) is 0 Å². The van der Waals surface area contributed by atoms with Gasteiger partial charge in [0.05, 0.1) is 5.41 Å². The molecule has 1 saturated carbocycles. The highest BCUT2D eigenvalue weighted by molar-refractivity contribution is 5.79. The van der Waals surface area contributed by atoms with Crippen molar-refractivity contribution in [2.75, 3.05) is 26.2 Å². The Hall–Kier alpha value is -1.30. The standard InChI is InChI=1S/C15H27N3O3/c1-4-17-8-9-18(10-11(17)2)14(21)16-12-6-5-7-15(12,3)13(19)20/h11-12H,4-10H2,1-3H3,(H,16,21)(H,19,20). The van der Waals surface area contributed by atoms with Crippen LogP contribution in [0.25, 0.3) is 0 Å². The van der Waals surface area contributed by atoms with Crippen LogP contribution in [-0.2, 0) is 4.79 Å². The quantitative estimate of drug-likeness (QED) is 0.825. The molecule has 3 atom stereocenters. The number of amides is 2. The Balaban J connectivity index is 1.94. The molecule has 0 spiro atoms. The van der Waals surface area contributed by atoms with Gasteiger partial charge in [-0.05, 0) is 33.2 Å². The predicted octanol–water partition coefficient (Wildman–Crippen LogP) is 1.37. The molecule has 2 amide bonds. The van der Waals surface area contributed by atoms with Crippen LogP contribution in [0.2, 0.25) is 0 Å². The lowest BCUT2D eigenvalue weighted by Crippen LogP contribution is -2.58. The Morgan fingerprint density at radius 1 is 1.38 bits per heavy atom. The normalized spacial score (nSPS) is 34.0. The molecular formula is C15H27N3O3. The number of rotatable bonds is 3. The summed E-state index contributed by atoms with van der Waals surface area (Å²) in [5.74, 6) is -0.811. The molecule has 1 heterocycles. The first kappa shape index (κ1) is 16.1. The van der Waals surface area contributed by atoms with Crippen LogP contribution in [0.5, 0.6) is 0 Å². The smallest absolute Gasteiger partial charge is 0.317 e. The molecule has 6 nitrogen and oxygen atoms in total. The Morgan fingerprint density at radius 2 is 2.10 bits per heavy atom. The van der Waals surface area contributed by atoms with Crippen LogP contribution in [0.1, 0.15) is 40.0 Å². The van der Waals surface area contributed by atoms with Crippen molar-refractivity contribution in [2.45, 2.75) is 52.1 Å². The van der Waals surface area contributed by atoms with Crippen molar-refractivity contribution in [3.63, 3.8) is 0 Å². The fraction of sp³-hybridized carbons (Fsp3) is 0.867. The third-order valence-corrected chi connectivity index (χ3v) is 5.20. The largest absolute Gasteiger partial charge is 0.481 e. The molecule has 1 aliphatic heterocycles. The van der Waals surface area contributed by atoms with Crippen molar-refractivity contribution >= 4 is 12.0 Å². The van der Waals surface area contributed by atoms with E-state index < -0.39 is 11.4 Å². The number of aliphatic carboxylic acids is 1. The van der Waals surface area contributed by atoms with Crippen molar-refractivity contribution in [1.29, 1.82) is 0 Å². The van der Waals surface area contributed by atoms with Crippen LogP contribution >= 0.6 is 0 Å². The van der Waals surface area contributed by atoms with Gasteiger partial charge in [0.15, 0.2) is 0 Å². The minimum absolute atomic E-state index is 0.114.